The minimum absolute atomic E-state index is 0.111. The van der Waals surface area contributed by atoms with Gasteiger partial charge in [-0.15, -0.1) is 10.9 Å². The van der Waals surface area contributed by atoms with Gasteiger partial charge in [-0.05, 0) is 62.1 Å². The number of ether oxygens (including phenoxy) is 1. The van der Waals surface area contributed by atoms with E-state index < -0.39 is 34.0 Å². The predicted octanol–water partition coefficient (Wildman–Crippen LogP) is 4.13. The quantitative estimate of drug-likeness (QED) is 0.487. The van der Waals surface area contributed by atoms with E-state index in [1.807, 2.05) is 13.0 Å². The van der Waals surface area contributed by atoms with E-state index in [0.29, 0.717) is 25.5 Å². The van der Waals surface area contributed by atoms with E-state index in [-0.39, 0.29) is 21.1 Å². The fraction of sp³-hybridized carbons (Fsp3) is 0.304. The van der Waals surface area contributed by atoms with Crippen molar-refractivity contribution in [2.75, 3.05) is 18.5 Å². The lowest BCUT2D eigenvalue weighted by Gasteiger charge is -2.23. The molecule has 1 aromatic heterocycles. The summed E-state index contributed by atoms with van der Waals surface area (Å²) >= 11 is 0. The Bertz CT molecular complexity index is 1060. The van der Waals surface area contributed by atoms with Crippen LogP contribution in [0.2, 0.25) is 0 Å². The Balaban J connectivity index is 1.97. The average Bonchev–Trinajstić information content (AvgIpc) is 3.11. The fourth-order valence-electron chi connectivity index (χ4n) is 3.13. The number of hydrogen-bond acceptors (Lipinski definition) is 5. The maximum atomic E-state index is 15.0. The molecule has 2 heterocycles. The van der Waals surface area contributed by atoms with Crippen LogP contribution in [0.4, 0.5) is 14.6 Å². The number of nitrogens with one attached hydrogen (secondary N) is 1. The van der Waals surface area contributed by atoms with E-state index in [4.69, 9.17) is 10.5 Å². The SMILES string of the molecule is CCOCCc1cccc(NC2=C(C(N)=O)C=C[S]2c2c(F)cc(C(C)(C)O)cc2F)n1. The number of amides is 1. The summed E-state index contributed by atoms with van der Waals surface area (Å²) in [6, 6.07) is 7.53. The van der Waals surface area contributed by atoms with E-state index in [0.717, 1.165) is 17.8 Å². The lowest BCUT2D eigenvalue weighted by Crippen LogP contribution is -2.17. The second kappa shape index (κ2) is 9.81. The summed E-state index contributed by atoms with van der Waals surface area (Å²) in [5.41, 5.74) is 5.11. The van der Waals surface area contributed by atoms with Crippen LogP contribution < -0.4 is 11.1 Å². The predicted molar refractivity (Wildman–Crippen MR) is 121 cm³/mol. The van der Waals surface area contributed by atoms with Crippen LogP contribution in [0, 0.1) is 11.6 Å². The van der Waals surface area contributed by atoms with Gasteiger partial charge in [-0.25, -0.2) is 13.8 Å². The first-order valence-corrected chi connectivity index (χ1v) is 11.4. The number of aromatic nitrogens is 1. The molecule has 0 saturated heterocycles. The number of carbonyl (C=O) groups is 1. The number of rotatable bonds is 9. The molecule has 2 aromatic rings. The van der Waals surface area contributed by atoms with Gasteiger partial charge in [-0.1, -0.05) is 6.07 Å². The molecule has 3 rings (SSSR count). The molecule has 0 unspecified atom stereocenters. The number of benzene rings is 1. The highest BCUT2D eigenvalue weighted by Crippen LogP contribution is 2.52. The molecule has 0 aliphatic carbocycles. The van der Waals surface area contributed by atoms with Crippen molar-refractivity contribution in [1.82, 2.24) is 4.98 Å². The Morgan fingerprint density at radius 3 is 2.56 bits per heavy atom. The van der Waals surface area contributed by atoms with Gasteiger partial charge in [0, 0.05) is 18.7 Å². The van der Waals surface area contributed by atoms with Crippen LogP contribution in [-0.2, 0) is 21.6 Å². The Labute approximate surface area is 188 Å². The zero-order valence-electron chi connectivity index (χ0n) is 18.1. The molecule has 1 aliphatic heterocycles. The second-order valence-corrected chi connectivity index (χ2v) is 9.43. The summed E-state index contributed by atoms with van der Waals surface area (Å²) in [7, 11) is -1.26. The molecular weight excluding hydrogens is 436 g/mol. The maximum Gasteiger partial charge on any atom is 0.251 e. The second-order valence-electron chi connectivity index (χ2n) is 7.66. The van der Waals surface area contributed by atoms with Crippen LogP contribution >= 0.6 is 10.9 Å². The molecule has 171 valence electrons. The van der Waals surface area contributed by atoms with Crippen LogP contribution in [0.15, 0.2) is 57.3 Å². The summed E-state index contributed by atoms with van der Waals surface area (Å²) in [6.07, 6.45) is 2.05. The molecule has 0 atom stereocenters. The van der Waals surface area contributed by atoms with Crippen molar-refractivity contribution in [3.8, 4) is 0 Å². The number of anilines is 1. The third-order valence-corrected chi connectivity index (χ3v) is 6.78. The van der Waals surface area contributed by atoms with Gasteiger partial charge in [0.25, 0.3) is 5.91 Å². The lowest BCUT2D eigenvalue weighted by atomic mass is 9.98. The minimum Gasteiger partial charge on any atom is -0.386 e. The number of carbonyl (C=O) groups excluding carboxylic acids is 1. The fourth-order valence-corrected chi connectivity index (χ4v) is 5.04. The van der Waals surface area contributed by atoms with Gasteiger partial charge in [-0.2, -0.15) is 0 Å². The van der Waals surface area contributed by atoms with E-state index in [9.17, 15) is 18.7 Å². The van der Waals surface area contributed by atoms with Crippen LogP contribution in [0.5, 0.6) is 0 Å². The Hall–Kier alpha value is -2.75. The average molecular weight is 463 g/mol. The van der Waals surface area contributed by atoms with Gasteiger partial charge >= 0.3 is 0 Å². The molecular formula is C23H26F2N3O3S. The topological polar surface area (TPSA) is 97.5 Å². The smallest absolute Gasteiger partial charge is 0.251 e. The number of primary amides is 1. The van der Waals surface area contributed by atoms with Gasteiger partial charge < -0.3 is 20.9 Å². The maximum absolute atomic E-state index is 15.0. The van der Waals surface area contributed by atoms with Gasteiger partial charge in [0.15, 0.2) is 0 Å². The van der Waals surface area contributed by atoms with Crippen molar-refractivity contribution in [3.63, 3.8) is 0 Å². The van der Waals surface area contributed by atoms with Gasteiger partial charge in [-0.3, -0.25) is 4.79 Å². The molecule has 1 amide bonds. The highest BCUT2D eigenvalue weighted by atomic mass is 32.2. The van der Waals surface area contributed by atoms with E-state index >= 15 is 0 Å². The minimum atomic E-state index is -1.41. The zero-order chi connectivity index (χ0) is 23.5. The summed E-state index contributed by atoms with van der Waals surface area (Å²) in [5.74, 6) is -1.94. The molecule has 0 bridgehead atoms. The third-order valence-electron chi connectivity index (χ3n) is 4.78. The van der Waals surface area contributed by atoms with Crippen molar-refractivity contribution in [2.24, 2.45) is 5.73 Å². The summed E-state index contributed by atoms with van der Waals surface area (Å²) in [4.78, 5) is 16.3. The van der Waals surface area contributed by atoms with Crippen molar-refractivity contribution in [3.05, 3.63) is 75.3 Å². The molecule has 32 heavy (non-hydrogen) atoms. The van der Waals surface area contributed by atoms with Gasteiger partial charge in [0.2, 0.25) is 0 Å². The molecule has 0 spiro atoms. The molecule has 9 heteroatoms. The standard InChI is InChI=1S/C23H26F2N3O3S/c1-4-31-10-8-15-6-5-7-19(27-15)28-22-16(21(26)29)9-11-32(22)20-17(24)12-14(13-18(20)25)23(2,3)30/h5-7,9,11-13,30H,4,8,10H2,1-3H3,(H2,26,29)(H,27,28). The molecule has 1 aromatic carbocycles. The number of hydrogen-bond donors (Lipinski definition) is 3. The molecule has 0 saturated carbocycles. The number of nitrogens with two attached hydrogens (primary N) is 1. The highest BCUT2D eigenvalue weighted by molar-refractivity contribution is 8.23. The summed E-state index contributed by atoms with van der Waals surface area (Å²) < 4.78 is 35.3. The van der Waals surface area contributed by atoms with Crippen LogP contribution in [0.25, 0.3) is 0 Å². The summed E-state index contributed by atoms with van der Waals surface area (Å²) in [6.45, 7) is 5.91. The summed E-state index contributed by atoms with van der Waals surface area (Å²) in [5, 5.41) is 15.0. The number of aliphatic hydroxyl groups is 1. The van der Waals surface area contributed by atoms with Crippen LogP contribution in [0.1, 0.15) is 32.0 Å². The number of halogens is 2. The first kappa shape index (κ1) is 23.9. The highest BCUT2D eigenvalue weighted by Gasteiger charge is 2.30. The van der Waals surface area contributed by atoms with E-state index in [1.54, 1.807) is 12.1 Å². The first-order chi connectivity index (χ1) is 15.1. The number of nitrogens with zero attached hydrogens (tertiary/aromatic N) is 1. The molecule has 4 N–H and O–H groups in total. The monoisotopic (exact) mass is 462 g/mol. The lowest BCUT2D eigenvalue weighted by molar-refractivity contribution is -0.114. The first-order valence-electron chi connectivity index (χ1n) is 10.1. The Morgan fingerprint density at radius 1 is 1.28 bits per heavy atom. The third kappa shape index (κ3) is 5.35. The van der Waals surface area contributed by atoms with Crippen LogP contribution in [0.3, 0.4) is 0 Å². The Kier molecular flexibility index (Phi) is 7.33. The Morgan fingerprint density at radius 2 is 1.97 bits per heavy atom. The van der Waals surface area contributed by atoms with E-state index in [2.05, 4.69) is 10.3 Å². The van der Waals surface area contributed by atoms with Crippen molar-refractivity contribution >= 4 is 22.6 Å². The van der Waals surface area contributed by atoms with Crippen molar-refractivity contribution < 1.29 is 23.4 Å². The largest absolute Gasteiger partial charge is 0.386 e. The van der Waals surface area contributed by atoms with Crippen molar-refractivity contribution in [2.45, 2.75) is 37.7 Å². The molecule has 1 aliphatic rings. The van der Waals surface area contributed by atoms with Crippen LogP contribution in [-0.4, -0.2) is 29.2 Å². The zero-order valence-corrected chi connectivity index (χ0v) is 18.9. The van der Waals surface area contributed by atoms with Gasteiger partial charge in [0.1, 0.15) is 17.5 Å². The normalized spacial score (nSPS) is 14.3. The molecule has 0 fully saturated rings. The van der Waals surface area contributed by atoms with Gasteiger partial charge in [0.05, 0.1) is 27.7 Å². The van der Waals surface area contributed by atoms with E-state index in [1.165, 1.54) is 25.3 Å². The van der Waals surface area contributed by atoms with Crippen molar-refractivity contribution in [1.29, 1.82) is 0 Å². The number of pyridine rings is 1. The molecule has 6 nitrogen and oxygen atoms in total. The molecule has 1 radical (unpaired) electrons.